The smallest absolute Gasteiger partial charge is 0.410 e. The number of likely N-dealkylation sites (tertiary alicyclic amines) is 1. The van der Waals surface area contributed by atoms with Gasteiger partial charge in [-0.2, -0.15) is 0 Å². The highest BCUT2D eigenvalue weighted by Crippen LogP contribution is 2.44. The molecule has 3 fully saturated rings. The van der Waals surface area contributed by atoms with Gasteiger partial charge in [-0.3, -0.25) is 14.5 Å². The highest BCUT2D eigenvalue weighted by Gasteiger charge is 2.37. The van der Waals surface area contributed by atoms with E-state index in [0.29, 0.717) is 49.9 Å². The van der Waals surface area contributed by atoms with Crippen LogP contribution in [0.3, 0.4) is 0 Å². The van der Waals surface area contributed by atoms with Gasteiger partial charge in [-0.1, -0.05) is 0 Å². The van der Waals surface area contributed by atoms with Crippen LogP contribution in [0.15, 0.2) is 28.5 Å². The van der Waals surface area contributed by atoms with Crippen molar-refractivity contribution >= 4 is 34.6 Å². The molecule has 0 radical (unpaired) electrons. The number of carboxylic acid groups (broad SMARTS) is 1. The minimum Gasteiger partial charge on any atom is -0.492 e. The summed E-state index contributed by atoms with van der Waals surface area (Å²) < 4.78 is 44.0. The number of halogens is 2. The molecule has 0 bridgehead atoms. The van der Waals surface area contributed by atoms with Crippen molar-refractivity contribution in [3.63, 3.8) is 0 Å². The Bertz CT molecular complexity index is 1590. The van der Waals surface area contributed by atoms with E-state index in [0.717, 1.165) is 18.9 Å². The molecule has 13 heteroatoms. The zero-order valence-electron chi connectivity index (χ0n) is 25.4. The quantitative estimate of drug-likeness (QED) is 0.465. The lowest BCUT2D eigenvalue weighted by atomic mass is 10.0. The van der Waals surface area contributed by atoms with E-state index in [-0.39, 0.29) is 36.0 Å². The first-order valence-electron chi connectivity index (χ1n) is 14.9. The Labute approximate surface area is 253 Å². The Morgan fingerprint density at radius 1 is 1.14 bits per heavy atom. The number of aromatic carboxylic acids is 1. The van der Waals surface area contributed by atoms with Crippen LogP contribution in [0.1, 0.15) is 75.7 Å². The fraction of sp³-hybridized carbons (Fsp3) is 0.548. The molecule has 1 saturated carbocycles. The van der Waals surface area contributed by atoms with E-state index in [1.54, 1.807) is 30.2 Å². The van der Waals surface area contributed by atoms with Crippen molar-refractivity contribution in [1.29, 1.82) is 0 Å². The summed E-state index contributed by atoms with van der Waals surface area (Å²) in [7, 11) is 1.35. The number of aromatic nitrogens is 1. The zero-order chi connectivity index (χ0) is 31.9. The van der Waals surface area contributed by atoms with Crippen LogP contribution in [-0.2, 0) is 9.53 Å². The number of nitrogens with zero attached hydrogens (tertiary/aromatic N) is 3. The maximum Gasteiger partial charge on any atom is 0.410 e. The number of nitrogens with one attached hydrogen (secondary N) is 1. The first kappa shape index (κ1) is 31.3. The van der Waals surface area contributed by atoms with E-state index in [1.807, 2.05) is 0 Å². The van der Waals surface area contributed by atoms with Gasteiger partial charge in [-0.25, -0.2) is 18.4 Å². The lowest BCUT2D eigenvalue weighted by Crippen LogP contribution is -2.47. The number of hydrogen-bond donors (Lipinski definition) is 2. The summed E-state index contributed by atoms with van der Waals surface area (Å²) in [5.74, 6) is -3.12. The molecule has 3 aliphatic rings. The van der Waals surface area contributed by atoms with E-state index in [2.05, 4.69) is 5.32 Å². The molecule has 0 spiro atoms. The van der Waals surface area contributed by atoms with Crippen LogP contribution in [0.2, 0.25) is 0 Å². The second-order valence-electron chi connectivity index (χ2n) is 12.5. The fourth-order valence-corrected chi connectivity index (χ4v) is 5.99. The largest absolute Gasteiger partial charge is 0.492 e. The molecule has 1 aliphatic carbocycles. The summed E-state index contributed by atoms with van der Waals surface area (Å²) in [6, 6.07) is 0.229. The Morgan fingerprint density at radius 3 is 2.50 bits per heavy atom. The van der Waals surface area contributed by atoms with Crippen LogP contribution in [0.25, 0.3) is 10.9 Å². The summed E-state index contributed by atoms with van der Waals surface area (Å²) in [6.45, 7) is 5.63. The molecule has 3 heterocycles. The van der Waals surface area contributed by atoms with Crippen LogP contribution < -0.4 is 20.4 Å². The molecule has 2 aromatic rings. The Morgan fingerprint density at radius 2 is 1.86 bits per heavy atom. The van der Waals surface area contributed by atoms with Gasteiger partial charge < -0.3 is 29.4 Å². The van der Waals surface area contributed by atoms with E-state index in [1.165, 1.54) is 18.2 Å². The first-order valence-corrected chi connectivity index (χ1v) is 14.9. The van der Waals surface area contributed by atoms with E-state index in [4.69, 9.17) is 9.47 Å². The average molecular weight is 617 g/mol. The number of amides is 2. The van der Waals surface area contributed by atoms with Gasteiger partial charge in [0.25, 0.3) is 0 Å². The number of hydrogen-bond acceptors (Lipinski definition) is 7. The van der Waals surface area contributed by atoms with Crippen molar-refractivity contribution in [1.82, 2.24) is 14.8 Å². The van der Waals surface area contributed by atoms with E-state index >= 15 is 8.78 Å². The average Bonchev–Trinajstić information content (AvgIpc) is 3.69. The second-order valence-corrected chi connectivity index (χ2v) is 12.5. The van der Waals surface area contributed by atoms with Crippen LogP contribution >= 0.6 is 0 Å². The molecule has 2 saturated heterocycles. The van der Waals surface area contributed by atoms with Gasteiger partial charge in [0, 0.05) is 31.9 Å². The minimum absolute atomic E-state index is 0.0226. The third kappa shape index (κ3) is 6.22. The lowest BCUT2D eigenvalue weighted by molar-refractivity contribution is -0.125. The van der Waals surface area contributed by atoms with Crippen molar-refractivity contribution in [3.05, 3.63) is 45.3 Å². The summed E-state index contributed by atoms with van der Waals surface area (Å²) in [5, 5.41) is 12.1. The number of anilines is 1. The maximum atomic E-state index is 15.7. The molecule has 11 nitrogen and oxygen atoms in total. The van der Waals surface area contributed by atoms with Gasteiger partial charge in [0.1, 0.15) is 28.7 Å². The number of pyridine rings is 1. The van der Waals surface area contributed by atoms with Crippen molar-refractivity contribution in [2.75, 3.05) is 38.2 Å². The first-order chi connectivity index (χ1) is 20.8. The van der Waals surface area contributed by atoms with Gasteiger partial charge >= 0.3 is 12.1 Å². The fourth-order valence-electron chi connectivity index (χ4n) is 5.99. The molecule has 2 aliphatic heterocycles. The number of rotatable bonds is 7. The summed E-state index contributed by atoms with van der Waals surface area (Å²) >= 11 is 0. The number of carbonyl (C=O) groups excluding carboxylic acids is 2. The molecular formula is C31H38F2N4O7. The van der Waals surface area contributed by atoms with Crippen LogP contribution in [-0.4, -0.2) is 77.5 Å². The molecule has 238 valence electrons. The van der Waals surface area contributed by atoms with Crippen molar-refractivity contribution in [2.24, 2.45) is 0 Å². The van der Waals surface area contributed by atoms with Crippen molar-refractivity contribution < 1.29 is 37.7 Å². The molecule has 5 rings (SSSR count). The standard InChI is InChI=1S/C31H38F2N4O7/c1-31(2,3)44-30(42)36-12-6-8-23(36)28(39)34-14-22(33)17-7-5-11-35(15-17)25-21(32)13-19-24(27(25)43-4)37(18-9-10-18)16-20(26(19)38)29(40)41/h13,16,18,23H,5-12,14-15H2,1-4H3,(H,34,39)(H,40,41). The monoisotopic (exact) mass is 616 g/mol. The van der Waals surface area contributed by atoms with E-state index < -0.39 is 52.2 Å². The molecule has 44 heavy (non-hydrogen) atoms. The molecule has 2 amide bonds. The van der Waals surface area contributed by atoms with Gasteiger partial charge in [0.15, 0.2) is 11.6 Å². The third-order valence-electron chi connectivity index (χ3n) is 8.16. The van der Waals surface area contributed by atoms with Gasteiger partial charge in [0.05, 0.1) is 24.6 Å². The molecular weight excluding hydrogens is 578 g/mol. The Balaban J connectivity index is 1.38. The SMILES string of the molecule is COc1c(N2CCCC(=C(F)CNC(=O)C3CCCN3C(=O)OC(C)(C)C)C2)c(F)cc2c(=O)c(C(=O)O)cn(C3CC3)c12. The molecule has 2 N–H and O–H groups in total. The maximum absolute atomic E-state index is 15.7. The number of piperidine rings is 1. The lowest BCUT2D eigenvalue weighted by Gasteiger charge is -2.33. The predicted molar refractivity (Wildman–Crippen MR) is 159 cm³/mol. The Kier molecular flexibility index (Phi) is 8.59. The van der Waals surface area contributed by atoms with Gasteiger partial charge in [-0.15, -0.1) is 0 Å². The minimum atomic E-state index is -1.39. The topological polar surface area (TPSA) is 130 Å². The number of carboxylic acids is 1. The molecule has 1 atom stereocenters. The van der Waals surface area contributed by atoms with Gasteiger partial charge in [0.2, 0.25) is 11.3 Å². The summed E-state index contributed by atoms with van der Waals surface area (Å²) in [4.78, 5) is 53.3. The van der Waals surface area contributed by atoms with Crippen molar-refractivity contribution in [2.45, 2.75) is 77.0 Å². The molecule has 1 aromatic carbocycles. The van der Waals surface area contributed by atoms with Crippen LogP contribution in [0, 0.1) is 5.82 Å². The number of carbonyl (C=O) groups is 3. The van der Waals surface area contributed by atoms with E-state index in [9.17, 15) is 24.3 Å². The Hall–Kier alpha value is -4.16. The highest BCUT2D eigenvalue weighted by atomic mass is 19.1. The predicted octanol–water partition coefficient (Wildman–Crippen LogP) is 4.52. The summed E-state index contributed by atoms with van der Waals surface area (Å²) in [6.07, 6.45) is 4.21. The third-order valence-corrected chi connectivity index (χ3v) is 8.16. The summed E-state index contributed by atoms with van der Waals surface area (Å²) in [5.41, 5.74) is -1.22. The molecule has 1 aromatic heterocycles. The van der Waals surface area contributed by atoms with Crippen molar-refractivity contribution in [3.8, 4) is 5.75 Å². The number of methoxy groups -OCH3 is 1. The number of fused-ring (bicyclic) bond motifs is 1. The normalized spacial score (nSPS) is 20.1. The second kappa shape index (κ2) is 12.1. The van der Waals surface area contributed by atoms with Gasteiger partial charge in [-0.05, 0) is 70.9 Å². The molecule has 1 unspecified atom stereocenters. The number of ether oxygens (including phenoxy) is 2. The van der Waals surface area contributed by atoms with Crippen LogP contribution in [0.4, 0.5) is 19.3 Å². The highest BCUT2D eigenvalue weighted by molar-refractivity contribution is 5.97. The van der Waals surface area contributed by atoms with Crippen LogP contribution in [0.5, 0.6) is 5.75 Å². The zero-order valence-corrected chi connectivity index (χ0v) is 25.4. The number of benzene rings is 1.